The molecule has 1 saturated carbocycles. The molecule has 0 bridgehead atoms. The van der Waals surface area contributed by atoms with Crippen LogP contribution in [0.2, 0.25) is 5.02 Å². The zero-order chi connectivity index (χ0) is 13.4. The molecule has 0 unspecified atom stereocenters. The molecule has 0 amide bonds. The molecule has 1 heterocycles. The number of carbonyl (C=O) groups is 1. The molecule has 1 aliphatic rings. The molecule has 5 heteroatoms. The van der Waals surface area contributed by atoms with Crippen LogP contribution in [0.25, 0.3) is 0 Å². The van der Waals surface area contributed by atoms with E-state index in [1.807, 2.05) is 24.3 Å². The van der Waals surface area contributed by atoms with Crippen LogP contribution in [0.4, 0.5) is 0 Å². The molecule has 1 aliphatic carbocycles. The van der Waals surface area contributed by atoms with Crippen molar-refractivity contribution in [1.29, 1.82) is 0 Å². The number of nitrogens with zero attached hydrogens (tertiary/aromatic N) is 2. The average molecular weight is 277 g/mol. The smallest absolute Gasteiger partial charge is 0.356 e. The lowest BCUT2D eigenvalue weighted by atomic mass is 10.2. The summed E-state index contributed by atoms with van der Waals surface area (Å²) in [7, 11) is 0. The van der Waals surface area contributed by atoms with Gasteiger partial charge in [-0.1, -0.05) is 29.8 Å². The number of halogens is 1. The third kappa shape index (κ3) is 2.49. The summed E-state index contributed by atoms with van der Waals surface area (Å²) in [6.45, 7) is 0.513. The van der Waals surface area contributed by atoms with Crippen LogP contribution in [0.5, 0.6) is 0 Å². The van der Waals surface area contributed by atoms with Crippen molar-refractivity contribution in [3.8, 4) is 0 Å². The Balaban J connectivity index is 1.95. The van der Waals surface area contributed by atoms with Crippen LogP contribution in [-0.2, 0) is 6.54 Å². The lowest BCUT2D eigenvalue weighted by Gasteiger charge is -2.08. The van der Waals surface area contributed by atoms with Crippen LogP contribution in [0.3, 0.4) is 0 Å². The van der Waals surface area contributed by atoms with E-state index in [0.717, 1.165) is 24.1 Å². The van der Waals surface area contributed by atoms with Crippen molar-refractivity contribution in [3.05, 3.63) is 52.3 Å². The lowest BCUT2D eigenvalue weighted by molar-refractivity contribution is 0.0689. The Bertz CT molecular complexity index is 632. The first kappa shape index (κ1) is 12.2. The van der Waals surface area contributed by atoms with Crippen LogP contribution in [0.15, 0.2) is 30.3 Å². The molecule has 0 spiro atoms. The van der Waals surface area contributed by atoms with Crippen LogP contribution in [0, 0.1) is 0 Å². The SMILES string of the molecule is O=C(O)c1cc(C2CC2)n(Cc2ccccc2Cl)n1. The molecule has 2 aromatic rings. The van der Waals surface area contributed by atoms with Crippen molar-refractivity contribution in [2.24, 2.45) is 0 Å². The molecule has 1 fully saturated rings. The van der Waals surface area contributed by atoms with Gasteiger partial charge in [0.1, 0.15) is 0 Å². The van der Waals surface area contributed by atoms with E-state index in [1.54, 1.807) is 10.7 Å². The quantitative estimate of drug-likeness (QED) is 0.933. The Morgan fingerprint density at radius 2 is 2.16 bits per heavy atom. The number of aromatic nitrogens is 2. The minimum atomic E-state index is -0.986. The van der Waals surface area contributed by atoms with Crippen molar-refractivity contribution in [2.75, 3.05) is 0 Å². The monoisotopic (exact) mass is 276 g/mol. The summed E-state index contributed by atoms with van der Waals surface area (Å²) in [5.74, 6) is -0.539. The largest absolute Gasteiger partial charge is 0.476 e. The third-order valence-electron chi connectivity index (χ3n) is 3.30. The summed E-state index contributed by atoms with van der Waals surface area (Å²) in [6, 6.07) is 9.23. The number of carboxylic acid groups (broad SMARTS) is 1. The van der Waals surface area contributed by atoms with E-state index in [9.17, 15) is 4.79 Å². The zero-order valence-electron chi connectivity index (χ0n) is 10.2. The van der Waals surface area contributed by atoms with Crippen LogP contribution in [-0.4, -0.2) is 20.9 Å². The first-order chi connectivity index (χ1) is 9.15. The summed E-state index contributed by atoms with van der Waals surface area (Å²) >= 11 is 6.13. The third-order valence-corrected chi connectivity index (χ3v) is 3.67. The van der Waals surface area contributed by atoms with Gasteiger partial charge in [-0.2, -0.15) is 5.10 Å². The number of carboxylic acids is 1. The van der Waals surface area contributed by atoms with Crippen molar-refractivity contribution < 1.29 is 9.90 Å². The molecule has 1 aromatic carbocycles. The van der Waals surface area contributed by atoms with Crippen LogP contribution in [0.1, 0.15) is 40.5 Å². The summed E-state index contributed by atoms with van der Waals surface area (Å²) in [4.78, 5) is 11.0. The van der Waals surface area contributed by atoms with E-state index < -0.39 is 5.97 Å². The molecule has 0 atom stereocenters. The number of hydrogen-bond acceptors (Lipinski definition) is 2. The van der Waals surface area contributed by atoms with E-state index in [4.69, 9.17) is 16.7 Å². The maximum atomic E-state index is 11.0. The Labute approximate surface area is 115 Å². The van der Waals surface area contributed by atoms with Crippen molar-refractivity contribution in [1.82, 2.24) is 9.78 Å². The summed E-state index contributed by atoms with van der Waals surface area (Å²) in [5, 5.41) is 13.9. The molecule has 3 rings (SSSR count). The average Bonchev–Trinajstić information content (AvgIpc) is 3.13. The van der Waals surface area contributed by atoms with E-state index >= 15 is 0 Å². The number of rotatable bonds is 4. The van der Waals surface area contributed by atoms with Gasteiger partial charge in [0.25, 0.3) is 0 Å². The maximum absolute atomic E-state index is 11.0. The predicted molar refractivity (Wildman–Crippen MR) is 71.7 cm³/mol. The molecule has 4 nitrogen and oxygen atoms in total. The van der Waals surface area contributed by atoms with Gasteiger partial charge in [0.05, 0.1) is 6.54 Å². The molecular formula is C14H13ClN2O2. The Hall–Kier alpha value is -1.81. The molecule has 0 aliphatic heterocycles. The number of hydrogen-bond donors (Lipinski definition) is 1. The molecule has 19 heavy (non-hydrogen) atoms. The van der Waals surface area contributed by atoms with Crippen LogP contribution >= 0.6 is 11.6 Å². The first-order valence-electron chi connectivity index (χ1n) is 6.19. The number of aromatic carboxylic acids is 1. The van der Waals surface area contributed by atoms with Gasteiger partial charge in [-0.3, -0.25) is 4.68 Å². The van der Waals surface area contributed by atoms with E-state index in [0.29, 0.717) is 17.5 Å². The Kier molecular flexibility index (Phi) is 3.03. The molecule has 1 aromatic heterocycles. The Morgan fingerprint density at radius 3 is 2.79 bits per heavy atom. The highest BCUT2D eigenvalue weighted by Gasteiger charge is 2.29. The van der Waals surface area contributed by atoms with E-state index in [-0.39, 0.29) is 5.69 Å². The highest BCUT2D eigenvalue weighted by atomic mass is 35.5. The van der Waals surface area contributed by atoms with Crippen molar-refractivity contribution >= 4 is 17.6 Å². The van der Waals surface area contributed by atoms with Gasteiger partial charge in [0, 0.05) is 16.6 Å². The summed E-state index contributed by atoms with van der Waals surface area (Å²) < 4.78 is 1.77. The standard InChI is InChI=1S/C14H13ClN2O2/c15-11-4-2-1-3-10(11)8-17-13(9-5-6-9)7-12(16-17)14(18)19/h1-4,7,9H,5-6,8H2,(H,18,19). The van der Waals surface area contributed by atoms with Gasteiger partial charge in [-0.05, 0) is 30.5 Å². The predicted octanol–water partition coefficient (Wildman–Crippen LogP) is 3.16. The first-order valence-corrected chi connectivity index (χ1v) is 6.57. The fourth-order valence-corrected chi connectivity index (χ4v) is 2.35. The molecular weight excluding hydrogens is 264 g/mol. The fraction of sp³-hybridized carbons (Fsp3) is 0.286. The topological polar surface area (TPSA) is 55.1 Å². The van der Waals surface area contributed by atoms with Crippen molar-refractivity contribution in [3.63, 3.8) is 0 Å². The fourth-order valence-electron chi connectivity index (χ4n) is 2.16. The molecule has 1 N–H and O–H groups in total. The number of benzene rings is 1. The zero-order valence-corrected chi connectivity index (χ0v) is 11.0. The minimum Gasteiger partial charge on any atom is -0.476 e. The van der Waals surface area contributed by atoms with Gasteiger partial charge in [-0.15, -0.1) is 0 Å². The van der Waals surface area contributed by atoms with Crippen LogP contribution < -0.4 is 0 Å². The van der Waals surface area contributed by atoms with E-state index in [2.05, 4.69) is 5.10 Å². The molecule has 0 radical (unpaired) electrons. The molecule has 0 saturated heterocycles. The van der Waals surface area contributed by atoms with Gasteiger partial charge in [-0.25, -0.2) is 4.79 Å². The normalized spacial score (nSPS) is 14.6. The second-order valence-corrected chi connectivity index (χ2v) is 5.19. The summed E-state index contributed by atoms with van der Waals surface area (Å²) in [5.41, 5.74) is 2.05. The highest BCUT2D eigenvalue weighted by Crippen LogP contribution is 2.40. The van der Waals surface area contributed by atoms with Gasteiger partial charge < -0.3 is 5.11 Å². The van der Waals surface area contributed by atoms with Gasteiger partial charge >= 0.3 is 5.97 Å². The van der Waals surface area contributed by atoms with Crippen molar-refractivity contribution in [2.45, 2.75) is 25.3 Å². The van der Waals surface area contributed by atoms with Gasteiger partial charge in [0.2, 0.25) is 0 Å². The lowest BCUT2D eigenvalue weighted by Crippen LogP contribution is -2.07. The Morgan fingerprint density at radius 1 is 1.42 bits per heavy atom. The second kappa shape index (κ2) is 4.70. The summed E-state index contributed by atoms with van der Waals surface area (Å²) in [6.07, 6.45) is 2.21. The maximum Gasteiger partial charge on any atom is 0.356 e. The highest BCUT2D eigenvalue weighted by molar-refractivity contribution is 6.31. The van der Waals surface area contributed by atoms with Gasteiger partial charge in [0.15, 0.2) is 5.69 Å². The second-order valence-electron chi connectivity index (χ2n) is 4.78. The molecule has 98 valence electrons. The minimum absolute atomic E-state index is 0.106. The van der Waals surface area contributed by atoms with E-state index in [1.165, 1.54) is 0 Å².